The van der Waals surface area contributed by atoms with Gasteiger partial charge in [0.25, 0.3) is 5.56 Å². The van der Waals surface area contributed by atoms with E-state index in [2.05, 4.69) is 10.3 Å². The Bertz CT molecular complexity index is 518. The molecule has 0 saturated heterocycles. The molecule has 0 fully saturated rings. The first-order chi connectivity index (χ1) is 8.43. The lowest BCUT2D eigenvalue weighted by Crippen LogP contribution is -2.44. The molecular formula is C11H17N3O4. The second-order valence-electron chi connectivity index (χ2n) is 4.34. The van der Waals surface area contributed by atoms with Crippen molar-refractivity contribution in [2.24, 2.45) is 5.92 Å². The third-order valence-electron chi connectivity index (χ3n) is 2.56. The van der Waals surface area contributed by atoms with Crippen LogP contribution in [0.2, 0.25) is 0 Å². The number of carbonyl (C=O) groups excluding carboxylic acids is 1. The Morgan fingerprint density at radius 1 is 1.50 bits per heavy atom. The number of aromatic amines is 1. The van der Waals surface area contributed by atoms with Crippen LogP contribution in [0.5, 0.6) is 0 Å². The molecule has 1 heterocycles. The van der Waals surface area contributed by atoms with Crippen molar-refractivity contribution in [2.75, 3.05) is 6.61 Å². The van der Waals surface area contributed by atoms with E-state index in [0.717, 1.165) is 4.57 Å². The number of H-pyrrole nitrogens is 1. The van der Waals surface area contributed by atoms with Gasteiger partial charge in [0.1, 0.15) is 6.54 Å². The van der Waals surface area contributed by atoms with Crippen LogP contribution in [0.25, 0.3) is 0 Å². The molecule has 1 atom stereocenters. The summed E-state index contributed by atoms with van der Waals surface area (Å²) in [7, 11) is 0. The highest BCUT2D eigenvalue weighted by Crippen LogP contribution is 1.99. The number of aliphatic hydroxyl groups is 1. The molecule has 0 saturated carbocycles. The lowest BCUT2D eigenvalue weighted by Gasteiger charge is -2.19. The van der Waals surface area contributed by atoms with Crippen molar-refractivity contribution in [3.05, 3.63) is 33.1 Å². The van der Waals surface area contributed by atoms with Crippen LogP contribution in [0, 0.1) is 5.92 Å². The summed E-state index contributed by atoms with van der Waals surface area (Å²) in [5, 5.41) is 11.7. The predicted octanol–water partition coefficient (Wildman–Crippen LogP) is -1.33. The number of rotatable bonds is 5. The molecule has 1 amide bonds. The molecule has 1 unspecified atom stereocenters. The Balaban J connectivity index is 2.70. The van der Waals surface area contributed by atoms with Crippen LogP contribution in [0.4, 0.5) is 0 Å². The van der Waals surface area contributed by atoms with E-state index in [-0.39, 0.29) is 25.1 Å². The van der Waals surface area contributed by atoms with E-state index in [4.69, 9.17) is 5.11 Å². The predicted molar refractivity (Wildman–Crippen MR) is 65.2 cm³/mol. The average molecular weight is 255 g/mol. The van der Waals surface area contributed by atoms with E-state index in [0.29, 0.717) is 0 Å². The second-order valence-corrected chi connectivity index (χ2v) is 4.34. The van der Waals surface area contributed by atoms with Crippen LogP contribution < -0.4 is 16.6 Å². The minimum atomic E-state index is -0.636. The van der Waals surface area contributed by atoms with Crippen LogP contribution in [0.1, 0.15) is 13.8 Å². The fraction of sp³-hybridized carbons (Fsp3) is 0.545. The van der Waals surface area contributed by atoms with Crippen LogP contribution in [-0.4, -0.2) is 33.2 Å². The number of carbonyl (C=O) groups is 1. The topological polar surface area (TPSA) is 104 Å². The molecular weight excluding hydrogens is 238 g/mol. The number of aromatic nitrogens is 2. The first-order valence-electron chi connectivity index (χ1n) is 5.64. The summed E-state index contributed by atoms with van der Waals surface area (Å²) in [4.78, 5) is 35.9. The standard InChI is InChI=1S/C11H17N3O4/c1-7(2)8(6-15)12-10(17)5-14-4-3-9(16)13-11(14)18/h3-4,7-8,15H,5-6H2,1-2H3,(H,12,17)(H,13,16,18). The van der Waals surface area contributed by atoms with Gasteiger partial charge in [0.05, 0.1) is 12.6 Å². The smallest absolute Gasteiger partial charge is 0.328 e. The molecule has 0 bridgehead atoms. The quantitative estimate of drug-likeness (QED) is 0.606. The Morgan fingerprint density at radius 2 is 2.17 bits per heavy atom. The molecule has 0 radical (unpaired) electrons. The van der Waals surface area contributed by atoms with Gasteiger partial charge in [-0.25, -0.2) is 4.79 Å². The van der Waals surface area contributed by atoms with Gasteiger partial charge in [-0.2, -0.15) is 0 Å². The van der Waals surface area contributed by atoms with Crippen molar-refractivity contribution in [1.29, 1.82) is 0 Å². The highest BCUT2D eigenvalue weighted by Gasteiger charge is 2.15. The summed E-state index contributed by atoms with van der Waals surface area (Å²) >= 11 is 0. The summed E-state index contributed by atoms with van der Waals surface area (Å²) in [5.41, 5.74) is -1.14. The van der Waals surface area contributed by atoms with E-state index in [1.54, 1.807) is 0 Å². The van der Waals surface area contributed by atoms with Gasteiger partial charge in [-0.05, 0) is 5.92 Å². The highest BCUT2D eigenvalue weighted by molar-refractivity contribution is 5.76. The van der Waals surface area contributed by atoms with E-state index in [9.17, 15) is 14.4 Å². The van der Waals surface area contributed by atoms with E-state index < -0.39 is 17.2 Å². The summed E-state index contributed by atoms with van der Waals surface area (Å²) in [6.07, 6.45) is 1.25. The molecule has 18 heavy (non-hydrogen) atoms. The van der Waals surface area contributed by atoms with E-state index in [1.807, 2.05) is 13.8 Å². The Morgan fingerprint density at radius 3 is 2.67 bits per heavy atom. The van der Waals surface area contributed by atoms with Gasteiger partial charge < -0.3 is 10.4 Å². The van der Waals surface area contributed by atoms with Crippen molar-refractivity contribution in [1.82, 2.24) is 14.9 Å². The fourth-order valence-electron chi connectivity index (χ4n) is 1.40. The summed E-state index contributed by atoms with van der Waals surface area (Å²) in [6.45, 7) is 3.38. The highest BCUT2D eigenvalue weighted by atomic mass is 16.3. The van der Waals surface area contributed by atoms with Crippen molar-refractivity contribution in [3.63, 3.8) is 0 Å². The maximum Gasteiger partial charge on any atom is 0.328 e. The van der Waals surface area contributed by atoms with Gasteiger partial charge >= 0.3 is 5.69 Å². The number of hydrogen-bond donors (Lipinski definition) is 3. The zero-order valence-electron chi connectivity index (χ0n) is 10.3. The second kappa shape index (κ2) is 6.15. The molecule has 0 aliphatic rings. The number of amides is 1. The minimum absolute atomic E-state index is 0.0891. The van der Waals surface area contributed by atoms with Crippen LogP contribution in [-0.2, 0) is 11.3 Å². The molecule has 0 spiro atoms. The third-order valence-corrected chi connectivity index (χ3v) is 2.56. The maximum absolute atomic E-state index is 11.6. The third kappa shape index (κ3) is 3.85. The molecule has 0 aliphatic heterocycles. The van der Waals surface area contributed by atoms with E-state index in [1.165, 1.54) is 12.3 Å². The van der Waals surface area contributed by atoms with Crippen LogP contribution in [0.3, 0.4) is 0 Å². The molecule has 7 heteroatoms. The first kappa shape index (κ1) is 14.2. The molecule has 0 aromatic carbocycles. The lowest BCUT2D eigenvalue weighted by molar-refractivity contribution is -0.123. The van der Waals surface area contributed by atoms with Crippen LogP contribution in [0.15, 0.2) is 21.9 Å². The van der Waals surface area contributed by atoms with Crippen molar-refractivity contribution < 1.29 is 9.90 Å². The number of nitrogens with one attached hydrogen (secondary N) is 2. The number of nitrogens with zero attached hydrogens (tertiary/aromatic N) is 1. The lowest BCUT2D eigenvalue weighted by atomic mass is 10.1. The molecule has 0 aliphatic carbocycles. The fourth-order valence-corrected chi connectivity index (χ4v) is 1.40. The molecule has 3 N–H and O–H groups in total. The Labute approximate surface area is 103 Å². The summed E-state index contributed by atoms with van der Waals surface area (Å²) in [5.74, 6) is -0.303. The largest absolute Gasteiger partial charge is 0.394 e. The summed E-state index contributed by atoms with van der Waals surface area (Å²) < 4.78 is 1.09. The monoisotopic (exact) mass is 255 g/mol. The van der Waals surface area contributed by atoms with Crippen molar-refractivity contribution in [2.45, 2.75) is 26.4 Å². The zero-order valence-corrected chi connectivity index (χ0v) is 10.3. The van der Waals surface area contributed by atoms with Gasteiger partial charge in [-0.1, -0.05) is 13.8 Å². The molecule has 1 aromatic heterocycles. The van der Waals surface area contributed by atoms with Gasteiger partial charge in [-0.3, -0.25) is 19.1 Å². The molecule has 100 valence electrons. The summed E-state index contributed by atoms with van der Waals surface area (Å²) in [6, 6.07) is 0.816. The zero-order chi connectivity index (χ0) is 13.7. The van der Waals surface area contributed by atoms with E-state index >= 15 is 0 Å². The SMILES string of the molecule is CC(C)C(CO)NC(=O)Cn1ccc(=O)[nH]c1=O. The molecule has 1 rings (SSSR count). The Kier molecular flexibility index (Phi) is 4.85. The number of aliphatic hydroxyl groups excluding tert-OH is 1. The first-order valence-corrected chi connectivity index (χ1v) is 5.64. The van der Waals surface area contributed by atoms with Crippen LogP contribution >= 0.6 is 0 Å². The number of hydrogen-bond acceptors (Lipinski definition) is 4. The van der Waals surface area contributed by atoms with Crippen molar-refractivity contribution in [3.8, 4) is 0 Å². The minimum Gasteiger partial charge on any atom is -0.394 e. The van der Waals surface area contributed by atoms with Gasteiger partial charge in [0.2, 0.25) is 5.91 Å². The Hall–Kier alpha value is -1.89. The normalized spacial score (nSPS) is 12.4. The molecule has 1 aromatic rings. The van der Waals surface area contributed by atoms with Gasteiger partial charge in [0.15, 0.2) is 0 Å². The van der Waals surface area contributed by atoms with Crippen molar-refractivity contribution >= 4 is 5.91 Å². The van der Waals surface area contributed by atoms with Gasteiger partial charge in [-0.15, -0.1) is 0 Å². The maximum atomic E-state index is 11.6. The average Bonchev–Trinajstić information content (AvgIpc) is 2.29. The molecule has 7 nitrogen and oxygen atoms in total. The van der Waals surface area contributed by atoms with Gasteiger partial charge in [0, 0.05) is 12.3 Å².